The zero-order chi connectivity index (χ0) is 13.5. The molecule has 4 nitrogen and oxygen atoms in total. The monoisotopic (exact) mass is 254 g/mol. The van der Waals surface area contributed by atoms with Crippen molar-refractivity contribution in [3.8, 4) is 5.75 Å². The topological polar surface area (TPSA) is 64.3 Å². The summed E-state index contributed by atoms with van der Waals surface area (Å²) in [5.41, 5.74) is 6.49. The average molecular weight is 254 g/mol. The minimum Gasteiger partial charge on any atom is -0.493 e. The maximum Gasteiger partial charge on any atom is 0.223 e. The molecule has 1 amide bonds. The zero-order valence-electron chi connectivity index (χ0n) is 10.7. The second kappa shape index (κ2) is 6.96. The third-order valence-electron chi connectivity index (χ3n) is 2.43. The van der Waals surface area contributed by atoms with Crippen molar-refractivity contribution in [1.29, 1.82) is 0 Å². The Kier molecular flexibility index (Phi) is 5.58. The quantitative estimate of drug-likeness (QED) is 0.813. The lowest BCUT2D eigenvalue weighted by molar-refractivity contribution is -0.121. The van der Waals surface area contributed by atoms with Crippen molar-refractivity contribution in [2.75, 3.05) is 13.2 Å². The number of nitrogens with two attached hydrogens (primary N) is 1. The van der Waals surface area contributed by atoms with Crippen LogP contribution in [0.4, 0.5) is 4.39 Å². The Morgan fingerprint density at radius 3 is 2.89 bits per heavy atom. The fourth-order valence-corrected chi connectivity index (χ4v) is 1.55. The van der Waals surface area contributed by atoms with Crippen LogP contribution in [0.3, 0.4) is 0 Å². The number of rotatable bonds is 6. The molecule has 1 rings (SSSR count). The van der Waals surface area contributed by atoms with Crippen LogP contribution in [-0.2, 0) is 4.79 Å². The van der Waals surface area contributed by atoms with Gasteiger partial charge >= 0.3 is 0 Å². The summed E-state index contributed by atoms with van der Waals surface area (Å²) < 4.78 is 18.5. The summed E-state index contributed by atoms with van der Waals surface area (Å²) in [6, 6.07) is 3.98. The predicted molar refractivity (Wildman–Crippen MR) is 67.8 cm³/mol. The number of carbonyl (C=O) groups is 1. The Morgan fingerprint density at radius 1 is 1.56 bits per heavy atom. The van der Waals surface area contributed by atoms with E-state index >= 15 is 0 Å². The second-order valence-corrected chi connectivity index (χ2v) is 4.02. The molecule has 1 aromatic rings. The molecule has 0 aliphatic rings. The third kappa shape index (κ3) is 4.33. The zero-order valence-corrected chi connectivity index (χ0v) is 10.7. The van der Waals surface area contributed by atoms with E-state index in [9.17, 15) is 9.18 Å². The van der Waals surface area contributed by atoms with Crippen molar-refractivity contribution >= 4 is 5.91 Å². The fourth-order valence-electron chi connectivity index (χ4n) is 1.55. The van der Waals surface area contributed by atoms with Crippen molar-refractivity contribution in [2.24, 2.45) is 5.73 Å². The number of carbonyl (C=O) groups excluding carboxylic acids is 1. The molecule has 100 valence electrons. The van der Waals surface area contributed by atoms with Gasteiger partial charge in [-0.3, -0.25) is 4.79 Å². The van der Waals surface area contributed by atoms with E-state index in [1.807, 2.05) is 6.92 Å². The van der Waals surface area contributed by atoms with Crippen molar-refractivity contribution < 1.29 is 13.9 Å². The molecule has 0 bridgehead atoms. The van der Waals surface area contributed by atoms with Gasteiger partial charge in [0.2, 0.25) is 5.91 Å². The van der Waals surface area contributed by atoms with E-state index in [0.29, 0.717) is 12.3 Å². The molecule has 0 aliphatic heterocycles. The predicted octanol–water partition coefficient (Wildman–Crippen LogP) is 1.75. The number of halogens is 1. The number of ether oxygens (including phenoxy) is 1. The summed E-state index contributed by atoms with van der Waals surface area (Å²) in [4.78, 5) is 11.2. The van der Waals surface area contributed by atoms with Crippen LogP contribution < -0.4 is 15.8 Å². The van der Waals surface area contributed by atoms with Crippen molar-refractivity contribution in [1.82, 2.24) is 5.32 Å². The molecule has 0 saturated heterocycles. The highest BCUT2D eigenvalue weighted by atomic mass is 19.1. The summed E-state index contributed by atoms with van der Waals surface area (Å²) in [5.74, 6) is -0.0713. The first-order valence-corrected chi connectivity index (χ1v) is 5.99. The Hall–Kier alpha value is -1.62. The van der Waals surface area contributed by atoms with Gasteiger partial charge < -0.3 is 15.8 Å². The largest absolute Gasteiger partial charge is 0.493 e. The van der Waals surface area contributed by atoms with Crippen LogP contribution in [0.15, 0.2) is 18.2 Å². The molecule has 0 radical (unpaired) electrons. The molecular formula is C13H19FN2O2. The highest BCUT2D eigenvalue weighted by Gasteiger charge is 2.10. The Balaban J connectivity index is 2.60. The molecule has 0 aliphatic carbocycles. The molecule has 18 heavy (non-hydrogen) atoms. The fraction of sp³-hybridized carbons (Fsp3) is 0.462. The van der Waals surface area contributed by atoms with Crippen molar-refractivity contribution in [3.05, 3.63) is 29.6 Å². The van der Waals surface area contributed by atoms with Crippen LogP contribution in [0, 0.1) is 5.82 Å². The van der Waals surface area contributed by atoms with Gasteiger partial charge in [-0.2, -0.15) is 0 Å². The van der Waals surface area contributed by atoms with Gasteiger partial charge in [0.1, 0.15) is 11.6 Å². The van der Waals surface area contributed by atoms with E-state index in [4.69, 9.17) is 10.5 Å². The van der Waals surface area contributed by atoms with E-state index in [1.165, 1.54) is 12.1 Å². The van der Waals surface area contributed by atoms with Gasteiger partial charge in [0, 0.05) is 24.2 Å². The van der Waals surface area contributed by atoms with Crippen LogP contribution >= 0.6 is 0 Å². The third-order valence-corrected chi connectivity index (χ3v) is 2.43. The van der Waals surface area contributed by atoms with Gasteiger partial charge in [0.25, 0.3) is 0 Å². The van der Waals surface area contributed by atoms with E-state index in [1.54, 1.807) is 13.0 Å². The van der Waals surface area contributed by atoms with E-state index < -0.39 is 0 Å². The number of amides is 1. The van der Waals surface area contributed by atoms with E-state index in [2.05, 4.69) is 5.32 Å². The molecule has 0 unspecified atom stereocenters. The molecule has 1 atom stereocenters. The number of hydrogen-bond acceptors (Lipinski definition) is 3. The van der Waals surface area contributed by atoms with Gasteiger partial charge in [-0.05, 0) is 19.9 Å². The summed E-state index contributed by atoms with van der Waals surface area (Å²) >= 11 is 0. The average Bonchev–Trinajstić information content (AvgIpc) is 2.29. The first-order chi connectivity index (χ1) is 8.54. The van der Waals surface area contributed by atoms with E-state index in [0.717, 1.165) is 5.56 Å². The maximum atomic E-state index is 13.1. The Morgan fingerprint density at radius 2 is 2.28 bits per heavy atom. The first kappa shape index (κ1) is 14.4. The normalized spacial score (nSPS) is 12.0. The molecule has 0 spiro atoms. The summed E-state index contributed by atoms with van der Waals surface area (Å²) in [7, 11) is 0. The molecule has 1 aromatic carbocycles. The van der Waals surface area contributed by atoms with Crippen molar-refractivity contribution in [2.45, 2.75) is 26.3 Å². The smallest absolute Gasteiger partial charge is 0.223 e. The highest BCUT2D eigenvalue weighted by Crippen LogP contribution is 2.24. The SMILES string of the molecule is CCNC(=O)CCOc1cc(F)ccc1[C@@H](C)N. The molecule has 0 fully saturated rings. The Bertz CT molecular complexity index is 408. The first-order valence-electron chi connectivity index (χ1n) is 5.99. The van der Waals surface area contributed by atoms with Gasteiger partial charge in [-0.15, -0.1) is 0 Å². The molecule has 0 saturated carbocycles. The van der Waals surface area contributed by atoms with Gasteiger partial charge in [-0.25, -0.2) is 4.39 Å². The molecule has 5 heteroatoms. The molecule has 0 aromatic heterocycles. The van der Waals surface area contributed by atoms with E-state index in [-0.39, 0.29) is 30.8 Å². The lowest BCUT2D eigenvalue weighted by Crippen LogP contribution is -2.24. The number of hydrogen-bond donors (Lipinski definition) is 2. The summed E-state index contributed by atoms with van der Waals surface area (Å²) in [5, 5.41) is 2.66. The lowest BCUT2D eigenvalue weighted by Gasteiger charge is -2.14. The van der Waals surface area contributed by atoms with Crippen LogP contribution in [0.1, 0.15) is 31.9 Å². The lowest BCUT2D eigenvalue weighted by atomic mass is 10.1. The minimum absolute atomic E-state index is 0.0868. The van der Waals surface area contributed by atoms with Crippen molar-refractivity contribution in [3.63, 3.8) is 0 Å². The highest BCUT2D eigenvalue weighted by molar-refractivity contribution is 5.75. The van der Waals surface area contributed by atoms with Crippen LogP contribution in [0.2, 0.25) is 0 Å². The number of benzene rings is 1. The van der Waals surface area contributed by atoms with Crippen LogP contribution in [-0.4, -0.2) is 19.1 Å². The Labute approximate surface area is 106 Å². The minimum atomic E-state index is -0.382. The summed E-state index contributed by atoms with van der Waals surface area (Å²) in [6.07, 6.45) is 0.239. The van der Waals surface area contributed by atoms with Gasteiger partial charge in [-0.1, -0.05) is 6.07 Å². The maximum absolute atomic E-state index is 13.1. The summed E-state index contributed by atoms with van der Waals surface area (Å²) in [6.45, 7) is 4.43. The standard InChI is InChI=1S/C13H19FN2O2/c1-3-16-13(17)6-7-18-12-8-10(14)4-5-11(12)9(2)15/h4-5,8-9H,3,6-7,15H2,1-2H3,(H,16,17)/t9-/m1/s1. The van der Waals surface area contributed by atoms with Crippen LogP contribution in [0.5, 0.6) is 5.75 Å². The second-order valence-electron chi connectivity index (χ2n) is 4.02. The molecule has 0 heterocycles. The molecular weight excluding hydrogens is 235 g/mol. The van der Waals surface area contributed by atoms with Gasteiger partial charge in [0.15, 0.2) is 0 Å². The molecule has 3 N–H and O–H groups in total. The van der Waals surface area contributed by atoms with Gasteiger partial charge in [0.05, 0.1) is 13.0 Å². The number of nitrogens with one attached hydrogen (secondary N) is 1. The van der Waals surface area contributed by atoms with Crippen LogP contribution in [0.25, 0.3) is 0 Å².